The summed E-state index contributed by atoms with van der Waals surface area (Å²) < 4.78 is 14.3. The van der Waals surface area contributed by atoms with Gasteiger partial charge in [-0.05, 0) is 83.1 Å². The molecule has 3 aromatic rings. The number of amides is 1. The Morgan fingerprint density at radius 2 is 1.78 bits per heavy atom. The summed E-state index contributed by atoms with van der Waals surface area (Å²) in [6, 6.07) is 21.3. The first-order valence-electron chi connectivity index (χ1n) is 13.9. The van der Waals surface area contributed by atoms with Gasteiger partial charge in [-0.15, -0.1) is 0 Å². The van der Waals surface area contributed by atoms with Crippen molar-refractivity contribution in [3.05, 3.63) is 99.7 Å². The van der Waals surface area contributed by atoms with E-state index in [-0.39, 0.29) is 11.5 Å². The lowest BCUT2D eigenvalue weighted by molar-refractivity contribution is -0.136. The molecule has 3 aromatic carbocycles. The van der Waals surface area contributed by atoms with Crippen LogP contribution in [-0.4, -0.2) is 41.1 Å². The first-order chi connectivity index (χ1) is 19.8. The molecule has 8 heteroatoms. The molecule has 1 amide bonds. The van der Waals surface area contributed by atoms with Crippen molar-refractivity contribution < 1.29 is 19.1 Å². The Morgan fingerprint density at radius 3 is 2.44 bits per heavy atom. The van der Waals surface area contributed by atoms with Crippen LogP contribution in [0, 0.1) is 5.82 Å². The van der Waals surface area contributed by atoms with E-state index in [2.05, 4.69) is 41.2 Å². The number of nitrogens with zero attached hydrogens (tertiary/aromatic N) is 3. The van der Waals surface area contributed by atoms with E-state index in [1.54, 1.807) is 13.1 Å². The van der Waals surface area contributed by atoms with Gasteiger partial charge < -0.3 is 10.0 Å². The number of hydrogen-bond donors (Lipinski definition) is 1. The second kappa shape index (κ2) is 12.7. The van der Waals surface area contributed by atoms with Crippen LogP contribution in [0.5, 0.6) is 0 Å². The van der Waals surface area contributed by atoms with Crippen LogP contribution in [0.2, 0.25) is 0 Å². The molecule has 6 nitrogen and oxygen atoms in total. The van der Waals surface area contributed by atoms with Crippen molar-refractivity contribution in [3.8, 4) is 0 Å². The van der Waals surface area contributed by atoms with E-state index in [1.807, 2.05) is 30.3 Å². The SMILES string of the molecule is CN1C(=O)/C(=C/c2ccc(N(C)Cc3ccc(C4CCCCC4)cc3)cc2)SC1=Nc1ccc(CC(=O)O)c(F)c1. The summed E-state index contributed by atoms with van der Waals surface area (Å²) in [4.78, 5) is 32.3. The predicted molar refractivity (Wildman–Crippen MR) is 164 cm³/mol. The van der Waals surface area contributed by atoms with Gasteiger partial charge in [0.25, 0.3) is 5.91 Å². The Morgan fingerprint density at radius 1 is 1.07 bits per heavy atom. The number of halogens is 1. The van der Waals surface area contributed by atoms with Crippen LogP contribution >= 0.6 is 11.8 Å². The van der Waals surface area contributed by atoms with Crippen LogP contribution < -0.4 is 4.90 Å². The number of carboxylic acids is 1. The van der Waals surface area contributed by atoms with Gasteiger partial charge in [0.2, 0.25) is 0 Å². The predicted octanol–water partition coefficient (Wildman–Crippen LogP) is 7.37. The van der Waals surface area contributed by atoms with Gasteiger partial charge in [0.15, 0.2) is 5.17 Å². The van der Waals surface area contributed by atoms with Crippen LogP contribution in [0.3, 0.4) is 0 Å². The molecular formula is C33H34FN3O3S. The molecule has 0 radical (unpaired) electrons. The molecule has 1 aliphatic carbocycles. The third kappa shape index (κ3) is 7.06. The monoisotopic (exact) mass is 571 g/mol. The number of carbonyl (C=O) groups excluding carboxylic acids is 1. The number of carboxylic acid groups (broad SMARTS) is 1. The van der Waals surface area contributed by atoms with Crippen LogP contribution in [0.4, 0.5) is 15.8 Å². The molecule has 1 saturated heterocycles. The van der Waals surface area contributed by atoms with Gasteiger partial charge >= 0.3 is 5.97 Å². The largest absolute Gasteiger partial charge is 0.481 e. The number of aliphatic imine (C=N–C) groups is 1. The molecule has 5 rings (SSSR count). The molecule has 1 aliphatic heterocycles. The van der Waals surface area contributed by atoms with E-state index in [9.17, 15) is 14.0 Å². The second-order valence-electron chi connectivity index (χ2n) is 10.7. The lowest BCUT2D eigenvalue weighted by Crippen LogP contribution is -2.23. The van der Waals surface area contributed by atoms with Gasteiger partial charge in [0, 0.05) is 26.3 Å². The number of carbonyl (C=O) groups is 2. The lowest BCUT2D eigenvalue weighted by Gasteiger charge is -2.23. The molecular weight excluding hydrogens is 537 g/mol. The number of rotatable bonds is 8. The van der Waals surface area contributed by atoms with Crippen molar-refractivity contribution in [2.45, 2.75) is 51.0 Å². The van der Waals surface area contributed by atoms with Gasteiger partial charge in [-0.3, -0.25) is 14.5 Å². The molecule has 0 aromatic heterocycles. The van der Waals surface area contributed by atoms with Crippen molar-refractivity contribution in [2.75, 3.05) is 19.0 Å². The van der Waals surface area contributed by atoms with Crippen LogP contribution in [-0.2, 0) is 22.6 Å². The quantitative estimate of drug-likeness (QED) is 0.286. The third-order valence-electron chi connectivity index (χ3n) is 7.71. The highest BCUT2D eigenvalue weighted by Gasteiger charge is 2.30. The Labute approximate surface area is 244 Å². The van der Waals surface area contributed by atoms with Crippen molar-refractivity contribution in [1.29, 1.82) is 0 Å². The smallest absolute Gasteiger partial charge is 0.307 e. The maximum absolute atomic E-state index is 14.3. The Hall–Kier alpha value is -3.91. The van der Waals surface area contributed by atoms with Crippen molar-refractivity contribution in [1.82, 2.24) is 4.90 Å². The zero-order chi connectivity index (χ0) is 28.9. The first-order valence-corrected chi connectivity index (χ1v) is 14.7. The highest BCUT2D eigenvalue weighted by Crippen LogP contribution is 2.34. The third-order valence-corrected chi connectivity index (χ3v) is 8.77. The molecule has 1 N–H and O–H groups in total. The number of likely N-dealkylation sites (N-methyl/N-ethyl adjacent to an activating group) is 1. The van der Waals surface area contributed by atoms with Gasteiger partial charge in [-0.25, -0.2) is 9.38 Å². The minimum Gasteiger partial charge on any atom is -0.481 e. The molecule has 0 spiro atoms. The van der Waals surface area contributed by atoms with Gasteiger partial charge in [-0.2, -0.15) is 0 Å². The molecule has 1 heterocycles. The molecule has 0 bridgehead atoms. The highest BCUT2D eigenvalue weighted by atomic mass is 32.2. The summed E-state index contributed by atoms with van der Waals surface area (Å²) in [5.41, 5.74) is 5.13. The minimum absolute atomic E-state index is 0.0900. The zero-order valence-electron chi connectivity index (χ0n) is 23.3. The van der Waals surface area contributed by atoms with Gasteiger partial charge in [-0.1, -0.05) is 61.7 Å². The average molecular weight is 572 g/mol. The van der Waals surface area contributed by atoms with Crippen LogP contribution in [0.15, 0.2) is 76.6 Å². The number of aliphatic carboxylic acids is 1. The summed E-state index contributed by atoms with van der Waals surface area (Å²) in [6.07, 6.45) is 8.09. The highest BCUT2D eigenvalue weighted by molar-refractivity contribution is 8.18. The molecule has 41 heavy (non-hydrogen) atoms. The lowest BCUT2D eigenvalue weighted by atomic mass is 9.84. The first kappa shape index (κ1) is 28.6. The molecule has 0 unspecified atom stereocenters. The van der Waals surface area contributed by atoms with Crippen molar-refractivity contribution in [3.63, 3.8) is 0 Å². The summed E-state index contributed by atoms with van der Waals surface area (Å²) in [5.74, 6) is -1.21. The van der Waals surface area contributed by atoms with Crippen molar-refractivity contribution in [2.24, 2.45) is 4.99 Å². The fraction of sp³-hybridized carbons (Fsp3) is 0.303. The number of hydrogen-bond acceptors (Lipinski definition) is 5. The standard InChI is InChI=1S/C33H34FN3O3S/c1-36(21-23-8-12-25(13-9-23)24-6-4-3-5-7-24)28-16-10-22(11-17-28)18-30-32(40)37(2)33(41-30)35-27-15-14-26(19-31(38)39)29(34)20-27/h8-18,20,24H,3-7,19,21H2,1-2H3,(H,38,39)/b30-18-,35-33?. The molecule has 1 saturated carbocycles. The van der Waals surface area contributed by atoms with Gasteiger partial charge in [0.05, 0.1) is 17.0 Å². The van der Waals surface area contributed by atoms with Crippen LogP contribution in [0.25, 0.3) is 6.08 Å². The number of thioether (sulfide) groups is 1. The molecule has 0 atom stereocenters. The second-order valence-corrected chi connectivity index (χ2v) is 11.7. The Balaban J connectivity index is 1.22. The minimum atomic E-state index is -1.10. The summed E-state index contributed by atoms with van der Waals surface area (Å²) in [7, 11) is 3.71. The van der Waals surface area contributed by atoms with Crippen LogP contribution in [0.1, 0.15) is 60.3 Å². The van der Waals surface area contributed by atoms with E-state index >= 15 is 0 Å². The molecule has 2 aliphatic rings. The van der Waals surface area contributed by atoms with E-state index in [4.69, 9.17) is 5.11 Å². The summed E-state index contributed by atoms with van der Waals surface area (Å²) in [6.45, 7) is 0.808. The number of benzene rings is 3. The fourth-order valence-electron chi connectivity index (χ4n) is 5.35. The Bertz CT molecular complexity index is 1480. The maximum atomic E-state index is 14.3. The average Bonchev–Trinajstić information content (AvgIpc) is 3.23. The summed E-state index contributed by atoms with van der Waals surface area (Å²) in [5, 5.41) is 9.33. The fourth-order valence-corrected chi connectivity index (χ4v) is 6.33. The normalized spacial score (nSPS) is 17.9. The zero-order valence-corrected chi connectivity index (χ0v) is 24.2. The number of amidine groups is 1. The van der Waals surface area contributed by atoms with E-state index in [0.29, 0.717) is 21.7 Å². The van der Waals surface area contributed by atoms with E-state index in [1.165, 1.54) is 72.0 Å². The number of anilines is 1. The summed E-state index contributed by atoms with van der Waals surface area (Å²) >= 11 is 1.22. The van der Waals surface area contributed by atoms with Crippen molar-refractivity contribution >= 4 is 46.3 Å². The van der Waals surface area contributed by atoms with Gasteiger partial charge in [0.1, 0.15) is 5.82 Å². The molecule has 2 fully saturated rings. The van der Waals surface area contributed by atoms with E-state index < -0.39 is 18.2 Å². The van der Waals surface area contributed by atoms with E-state index in [0.717, 1.165) is 17.8 Å². The molecule has 212 valence electrons. The Kier molecular flexibility index (Phi) is 8.88. The maximum Gasteiger partial charge on any atom is 0.307 e. The topological polar surface area (TPSA) is 73.2 Å².